The first-order valence-corrected chi connectivity index (χ1v) is 10.9. The summed E-state index contributed by atoms with van der Waals surface area (Å²) in [6, 6.07) is 11.0. The molecule has 0 amide bonds. The van der Waals surface area contributed by atoms with Crippen LogP contribution in [0.15, 0.2) is 35.3 Å². The number of piperidine rings is 1. The SMILES string of the molecule is CCNC(=NCC1(OC)CCOCC1)N1CCC(c2ccccc2)C(CC)C1. The third-order valence-corrected chi connectivity index (χ3v) is 6.47. The Hall–Kier alpha value is -1.59. The third-order valence-electron chi connectivity index (χ3n) is 6.47. The predicted octanol–water partition coefficient (Wildman–Crippen LogP) is 3.66. The van der Waals surface area contributed by atoms with Gasteiger partial charge in [0.25, 0.3) is 0 Å². The van der Waals surface area contributed by atoms with Gasteiger partial charge >= 0.3 is 0 Å². The highest BCUT2D eigenvalue weighted by Gasteiger charge is 2.34. The van der Waals surface area contributed by atoms with Crippen LogP contribution in [-0.4, -0.2) is 63.0 Å². The van der Waals surface area contributed by atoms with Gasteiger partial charge in [-0.1, -0.05) is 43.7 Å². The molecule has 1 aromatic carbocycles. The summed E-state index contributed by atoms with van der Waals surface area (Å²) >= 11 is 0. The fraction of sp³-hybridized carbons (Fsp3) is 0.696. The van der Waals surface area contributed by atoms with E-state index in [1.54, 1.807) is 0 Å². The lowest BCUT2D eigenvalue weighted by molar-refractivity contribution is -0.0829. The average Bonchev–Trinajstić information content (AvgIpc) is 2.77. The summed E-state index contributed by atoms with van der Waals surface area (Å²) in [6.07, 6.45) is 4.20. The zero-order chi connectivity index (χ0) is 19.8. The molecule has 1 aromatic rings. The minimum absolute atomic E-state index is 0.175. The van der Waals surface area contributed by atoms with Gasteiger partial charge in [-0.05, 0) is 30.7 Å². The smallest absolute Gasteiger partial charge is 0.194 e. The van der Waals surface area contributed by atoms with Gasteiger partial charge in [0.2, 0.25) is 0 Å². The molecule has 0 spiro atoms. The highest BCUT2D eigenvalue weighted by Crippen LogP contribution is 2.35. The van der Waals surface area contributed by atoms with E-state index in [-0.39, 0.29) is 5.60 Å². The minimum Gasteiger partial charge on any atom is -0.381 e. The van der Waals surface area contributed by atoms with Gasteiger partial charge in [-0.2, -0.15) is 0 Å². The van der Waals surface area contributed by atoms with Gasteiger partial charge in [0.15, 0.2) is 5.96 Å². The average molecular weight is 388 g/mol. The molecule has 28 heavy (non-hydrogen) atoms. The fourth-order valence-electron chi connectivity index (χ4n) is 4.59. The van der Waals surface area contributed by atoms with E-state index >= 15 is 0 Å². The molecular weight excluding hydrogens is 350 g/mol. The molecule has 0 saturated carbocycles. The minimum atomic E-state index is -0.175. The maximum atomic E-state index is 5.88. The summed E-state index contributed by atoms with van der Waals surface area (Å²) in [5.74, 6) is 2.33. The molecule has 0 aliphatic carbocycles. The lowest BCUT2D eigenvalue weighted by Crippen LogP contribution is -2.49. The second-order valence-corrected chi connectivity index (χ2v) is 8.09. The van der Waals surface area contributed by atoms with Crippen LogP contribution in [0.3, 0.4) is 0 Å². The molecule has 5 nitrogen and oxygen atoms in total. The number of ether oxygens (including phenoxy) is 2. The molecule has 0 bridgehead atoms. The van der Waals surface area contributed by atoms with Crippen molar-refractivity contribution in [2.75, 3.05) is 46.5 Å². The lowest BCUT2D eigenvalue weighted by Gasteiger charge is -2.41. The van der Waals surface area contributed by atoms with E-state index in [2.05, 4.69) is 54.4 Å². The molecule has 2 saturated heterocycles. The summed E-state index contributed by atoms with van der Waals surface area (Å²) in [6.45, 7) is 9.68. The Kier molecular flexibility index (Phi) is 7.74. The molecule has 156 valence electrons. The van der Waals surface area contributed by atoms with Crippen molar-refractivity contribution < 1.29 is 9.47 Å². The number of hydrogen-bond donors (Lipinski definition) is 1. The maximum Gasteiger partial charge on any atom is 0.194 e. The molecular formula is C23H37N3O2. The summed E-state index contributed by atoms with van der Waals surface area (Å²) in [4.78, 5) is 7.48. The first kappa shape index (κ1) is 21.1. The van der Waals surface area contributed by atoms with Gasteiger partial charge in [-0.15, -0.1) is 0 Å². The number of rotatable bonds is 6. The number of benzene rings is 1. The molecule has 2 atom stereocenters. The Morgan fingerprint density at radius 3 is 2.64 bits per heavy atom. The van der Waals surface area contributed by atoms with Crippen LogP contribution in [0.1, 0.15) is 51.0 Å². The maximum absolute atomic E-state index is 5.88. The highest BCUT2D eigenvalue weighted by atomic mass is 16.5. The Bertz CT molecular complexity index is 614. The highest BCUT2D eigenvalue weighted by molar-refractivity contribution is 5.80. The van der Waals surface area contributed by atoms with Crippen LogP contribution in [0.2, 0.25) is 0 Å². The molecule has 2 aliphatic rings. The predicted molar refractivity (Wildman–Crippen MR) is 115 cm³/mol. The van der Waals surface area contributed by atoms with Crippen molar-refractivity contribution >= 4 is 5.96 Å². The monoisotopic (exact) mass is 387 g/mol. The van der Waals surface area contributed by atoms with Crippen molar-refractivity contribution in [1.29, 1.82) is 0 Å². The van der Waals surface area contributed by atoms with Gasteiger partial charge in [-0.25, -0.2) is 0 Å². The molecule has 2 aliphatic heterocycles. The molecule has 3 rings (SSSR count). The van der Waals surface area contributed by atoms with Crippen molar-refractivity contribution in [1.82, 2.24) is 10.2 Å². The van der Waals surface area contributed by atoms with E-state index in [4.69, 9.17) is 14.5 Å². The van der Waals surface area contributed by atoms with Gasteiger partial charge < -0.3 is 19.7 Å². The Morgan fingerprint density at radius 1 is 1.25 bits per heavy atom. The molecule has 5 heteroatoms. The molecule has 0 aromatic heterocycles. The first-order chi connectivity index (χ1) is 13.7. The van der Waals surface area contributed by atoms with Crippen LogP contribution in [0.5, 0.6) is 0 Å². The normalized spacial score (nSPS) is 25.5. The first-order valence-electron chi connectivity index (χ1n) is 10.9. The zero-order valence-electron chi connectivity index (χ0n) is 17.8. The summed E-state index contributed by atoms with van der Waals surface area (Å²) in [7, 11) is 1.81. The Morgan fingerprint density at radius 2 is 2.00 bits per heavy atom. The zero-order valence-corrected chi connectivity index (χ0v) is 17.8. The molecule has 2 heterocycles. The van der Waals surface area contributed by atoms with Crippen LogP contribution >= 0.6 is 0 Å². The largest absolute Gasteiger partial charge is 0.381 e. The second kappa shape index (κ2) is 10.3. The van der Waals surface area contributed by atoms with E-state index < -0.39 is 0 Å². The number of methoxy groups -OCH3 is 1. The van der Waals surface area contributed by atoms with Gasteiger partial charge in [-0.3, -0.25) is 4.99 Å². The summed E-state index contributed by atoms with van der Waals surface area (Å²) < 4.78 is 11.4. The number of aliphatic imine (C=N–C) groups is 1. The lowest BCUT2D eigenvalue weighted by atomic mass is 9.79. The van der Waals surface area contributed by atoms with Crippen molar-refractivity contribution in [2.45, 2.75) is 51.0 Å². The summed E-state index contributed by atoms with van der Waals surface area (Å²) in [5, 5.41) is 3.52. The van der Waals surface area contributed by atoms with E-state index in [1.165, 1.54) is 18.4 Å². The van der Waals surface area contributed by atoms with Crippen molar-refractivity contribution in [3.63, 3.8) is 0 Å². The van der Waals surface area contributed by atoms with E-state index in [9.17, 15) is 0 Å². The van der Waals surface area contributed by atoms with Crippen LogP contribution in [0.25, 0.3) is 0 Å². The van der Waals surface area contributed by atoms with Crippen LogP contribution in [0, 0.1) is 5.92 Å². The van der Waals surface area contributed by atoms with E-state index in [1.807, 2.05) is 7.11 Å². The standard InChI is InChI=1S/C23H37N3O2/c1-4-19-17-26(14-11-21(19)20-9-7-6-8-10-20)22(24-5-2)25-18-23(27-3)12-15-28-16-13-23/h6-10,19,21H,4-5,11-18H2,1-3H3,(H,24,25). The number of guanidine groups is 1. The Balaban J connectivity index is 1.70. The van der Waals surface area contributed by atoms with Crippen LogP contribution in [-0.2, 0) is 9.47 Å². The number of nitrogens with one attached hydrogen (secondary N) is 1. The molecule has 1 N–H and O–H groups in total. The van der Waals surface area contributed by atoms with E-state index in [0.717, 1.165) is 51.6 Å². The second-order valence-electron chi connectivity index (χ2n) is 8.09. The molecule has 0 radical (unpaired) electrons. The molecule has 2 fully saturated rings. The van der Waals surface area contributed by atoms with Crippen LogP contribution in [0.4, 0.5) is 0 Å². The number of likely N-dealkylation sites (tertiary alicyclic amines) is 1. The van der Waals surface area contributed by atoms with Gasteiger partial charge in [0.1, 0.15) is 0 Å². The molecule has 2 unspecified atom stereocenters. The topological polar surface area (TPSA) is 46.1 Å². The van der Waals surface area contributed by atoms with Crippen molar-refractivity contribution in [2.24, 2.45) is 10.9 Å². The van der Waals surface area contributed by atoms with Gasteiger partial charge in [0.05, 0.1) is 12.1 Å². The van der Waals surface area contributed by atoms with Crippen LogP contribution < -0.4 is 5.32 Å². The Labute approximate surface area is 170 Å². The van der Waals surface area contributed by atoms with Crippen molar-refractivity contribution in [3.8, 4) is 0 Å². The number of hydrogen-bond acceptors (Lipinski definition) is 3. The van der Waals surface area contributed by atoms with E-state index in [0.29, 0.717) is 18.4 Å². The number of nitrogens with zero attached hydrogens (tertiary/aromatic N) is 2. The third kappa shape index (κ3) is 5.06. The fourth-order valence-corrected chi connectivity index (χ4v) is 4.59. The summed E-state index contributed by atoms with van der Waals surface area (Å²) in [5.41, 5.74) is 1.31. The quantitative estimate of drug-likeness (QED) is 0.598. The van der Waals surface area contributed by atoms with Crippen molar-refractivity contribution in [3.05, 3.63) is 35.9 Å². The van der Waals surface area contributed by atoms with Gasteiger partial charge in [0, 0.05) is 52.8 Å².